The smallest absolute Gasteiger partial charge is 0.0504 e. The Bertz CT molecular complexity index is 419. The standard InChI is InChI=1S/C18H32N2/c1-8-19-17(18(6,7)20(9-2)10-3)16-12-11-14(4)13-15(16)5/h11-13,17,19H,8-10H2,1-7H3. The summed E-state index contributed by atoms with van der Waals surface area (Å²) in [7, 11) is 0. The number of benzene rings is 1. The first-order chi connectivity index (χ1) is 9.38. The lowest BCUT2D eigenvalue weighted by Crippen LogP contribution is -2.52. The van der Waals surface area contributed by atoms with Crippen molar-refractivity contribution in [3.8, 4) is 0 Å². The van der Waals surface area contributed by atoms with E-state index in [1.807, 2.05) is 0 Å². The first-order valence-corrected chi connectivity index (χ1v) is 7.93. The van der Waals surface area contributed by atoms with E-state index in [0.29, 0.717) is 6.04 Å². The fourth-order valence-electron chi connectivity index (χ4n) is 3.32. The van der Waals surface area contributed by atoms with Gasteiger partial charge < -0.3 is 5.32 Å². The topological polar surface area (TPSA) is 15.3 Å². The Hall–Kier alpha value is -0.860. The Balaban J connectivity index is 3.22. The van der Waals surface area contributed by atoms with Gasteiger partial charge in [0.1, 0.15) is 0 Å². The number of nitrogens with zero attached hydrogens (tertiary/aromatic N) is 1. The molecule has 0 aromatic heterocycles. The predicted molar refractivity (Wildman–Crippen MR) is 89.3 cm³/mol. The van der Waals surface area contributed by atoms with E-state index >= 15 is 0 Å². The van der Waals surface area contributed by atoms with Gasteiger partial charge in [-0.05, 0) is 58.5 Å². The summed E-state index contributed by atoms with van der Waals surface area (Å²) in [4.78, 5) is 2.54. The molecule has 0 bridgehead atoms. The summed E-state index contributed by atoms with van der Waals surface area (Å²) >= 11 is 0. The lowest BCUT2D eigenvalue weighted by molar-refractivity contribution is 0.0916. The molecule has 1 atom stereocenters. The Morgan fingerprint density at radius 1 is 1.10 bits per heavy atom. The molecule has 1 aromatic carbocycles. The maximum absolute atomic E-state index is 3.71. The van der Waals surface area contributed by atoms with Crippen LogP contribution in [0.2, 0.25) is 0 Å². The molecule has 114 valence electrons. The van der Waals surface area contributed by atoms with Gasteiger partial charge in [0.2, 0.25) is 0 Å². The minimum Gasteiger partial charge on any atom is -0.309 e. The molecule has 0 spiro atoms. The van der Waals surface area contributed by atoms with Crippen molar-refractivity contribution in [2.75, 3.05) is 19.6 Å². The fraction of sp³-hybridized carbons (Fsp3) is 0.667. The minimum absolute atomic E-state index is 0.0968. The van der Waals surface area contributed by atoms with Crippen LogP contribution in [0, 0.1) is 13.8 Å². The highest BCUT2D eigenvalue weighted by Crippen LogP contribution is 2.33. The molecule has 0 saturated heterocycles. The van der Waals surface area contributed by atoms with E-state index in [2.05, 4.69) is 76.9 Å². The molecule has 20 heavy (non-hydrogen) atoms. The van der Waals surface area contributed by atoms with Crippen molar-refractivity contribution < 1.29 is 0 Å². The van der Waals surface area contributed by atoms with Gasteiger partial charge in [0.15, 0.2) is 0 Å². The van der Waals surface area contributed by atoms with Crippen LogP contribution in [-0.4, -0.2) is 30.1 Å². The van der Waals surface area contributed by atoms with Crippen molar-refractivity contribution >= 4 is 0 Å². The summed E-state index contributed by atoms with van der Waals surface area (Å²) in [6.07, 6.45) is 0. The first-order valence-electron chi connectivity index (χ1n) is 7.93. The molecule has 2 heteroatoms. The lowest BCUT2D eigenvalue weighted by atomic mass is 9.84. The second-order valence-electron chi connectivity index (χ2n) is 6.18. The van der Waals surface area contributed by atoms with Gasteiger partial charge in [-0.1, -0.05) is 44.5 Å². The molecule has 1 unspecified atom stereocenters. The molecule has 0 heterocycles. The van der Waals surface area contributed by atoms with Gasteiger partial charge in [0.05, 0.1) is 6.04 Å². The van der Waals surface area contributed by atoms with Crippen LogP contribution < -0.4 is 5.32 Å². The molecule has 0 aliphatic carbocycles. The molecule has 2 nitrogen and oxygen atoms in total. The maximum Gasteiger partial charge on any atom is 0.0504 e. The SMILES string of the molecule is CCNC(c1ccc(C)cc1C)C(C)(C)N(CC)CC. The van der Waals surface area contributed by atoms with E-state index in [9.17, 15) is 0 Å². The van der Waals surface area contributed by atoms with E-state index in [0.717, 1.165) is 19.6 Å². The van der Waals surface area contributed by atoms with Gasteiger partial charge in [-0.25, -0.2) is 0 Å². The van der Waals surface area contributed by atoms with E-state index in [4.69, 9.17) is 0 Å². The van der Waals surface area contributed by atoms with Crippen LogP contribution in [0.25, 0.3) is 0 Å². The number of hydrogen-bond donors (Lipinski definition) is 1. The predicted octanol–water partition coefficient (Wildman–Crippen LogP) is 4.07. The maximum atomic E-state index is 3.71. The van der Waals surface area contributed by atoms with E-state index in [-0.39, 0.29) is 5.54 Å². The number of aryl methyl sites for hydroxylation is 2. The number of rotatable bonds is 7. The van der Waals surface area contributed by atoms with E-state index in [1.54, 1.807) is 0 Å². The average molecular weight is 276 g/mol. The second kappa shape index (κ2) is 7.24. The number of likely N-dealkylation sites (N-methyl/N-ethyl adjacent to an activating group) is 2. The second-order valence-corrected chi connectivity index (χ2v) is 6.18. The Kier molecular flexibility index (Phi) is 6.22. The van der Waals surface area contributed by atoms with Crippen molar-refractivity contribution in [1.82, 2.24) is 10.2 Å². The number of hydrogen-bond acceptors (Lipinski definition) is 2. The van der Waals surface area contributed by atoms with Crippen molar-refractivity contribution in [3.05, 3.63) is 34.9 Å². The molecule has 1 aromatic rings. The van der Waals surface area contributed by atoms with Crippen molar-refractivity contribution in [2.45, 2.75) is 60.0 Å². The average Bonchev–Trinajstić information content (AvgIpc) is 2.38. The minimum atomic E-state index is 0.0968. The molecule has 0 amide bonds. The summed E-state index contributed by atoms with van der Waals surface area (Å²) < 4.78 is 0. The van der Waals surface area contributed by atoms with Gasteiger partial charge >= 0.3 is 0 Å². The summed E-state index contributed by atoms with van der Waals surface area (Å²) in [6.45, 7) is 18.9. The van der Waals surface area contributed by atoms with Crippen LogP contribution in [0.4, 0.5) is 0 Å². The van der Waals surface area contributed by atoms with Gasteiger partial charge in [-0.2, -0.15) is 0 Å². The Labute approximate surface area is 125 Å². The van der Waals surface area contributed by atoms with Crippen LogP contribution in [0.15, 0.2) is 18.2 Å². The molecule has 0 aliphatic rings. The van der Waals surface area contributed by atoms with Gasteiger partial charge in [-0.15, -0.1) is 0 Å². The molecule has 0 radical (unpaired) electrons. The van der Waals surface area contributed by atoms with Crippen molar-refractivity contribution in [2.24, 2.45) is 0 Å². The summed E-state index contributed by atoms with van der Waals surface area (Å²) in [5.41, 5.74) is 4.24. The molecule has 1 rings (SSSR count). The van der Waals surface area contributed by atoms with Crippen LogP contribution in [-0.2, 0) is 0 Å². The summed E-state index contributed by atoms with van der Waals surface area (Å²) in [5, 5.41) is 3.71. The lowest BCUT2D eigenvalue weighted by Gasteiger charge is -2.44. The van der Waals surface area contributed by atoms with Gasteiger partial charge in [0.25, 0.3) is 0 Å². The normalized spacial score (nSPS) is 13.8. The Morgan fingerprint density at radius 3 is 2.15 bits per heavy atom. The van der Waals surface area contributed by atoms with Crippen LogP contribution in [0.3, 0.4) is 0 Å². The highest BCUT2D eigenvalue weighted by molar-refractivity contribution is 5.34. The third-order valence-electron chi connectivity index (χ3n) is 4.43. The monoisotopic (exact) mass is 276 g/mol. The largest absolute Gasteiger partial charge is 0.309 e. The molecular weight excluding hydrogens is 244 g/mol. The van der Waals surface area contributed by atoms with Gasteiger partial charge in [-0.3, -0.25) is 4.90 Å². The third-order valence-corrected chi connectivity index (χ3v) is 4.43. The molecular formula is C18H32N2. The zero-order valence-corrected chi connectivity index (χ0v) is 14.4. The van der Waals surface area contributed by atoms with E-state index in [1.165, 1.54) is 16.7 Å². The van der Waals surface area contributed by atoms with Crippen LogP contribution in [0.5, 0.6) is 0 Å². The highest BCUT2D eigenvalue weighted by atomic mass is 15.2. The zero-order chi connectivity index (χ0) is 15.3. The first kappa shape index (κ1) is 17.2. The highest BCUT2D eigenvalue weighted by Gasteiger charge is 2.35. The quantitative estimate of drug-likeness (QED) is 0.807. The Morgan fingerprint density at radius 2 is 1.70 bits per heavy atom. The fourth-order valence-corrected chi connectivity index (χ4v) is 3.32. The van der Waals surface area contributed by atoms with Crippen LogP contribution in [0.1, 0.15) is 57.4 Å². The third kappa shape index (κ3) is 3.62. The van der Waals surface area contributed by atoms with Gasteiger partial charge in [0, 0.05) is 5.54 Å². The summed E-state index contributed by atoms with van der Waals surface area (Å²) in [6, 6.07) is 7.17. The van der Waals surface area contributed by atoms with Crippen molar-refractivity contribution in [3.63, 3.8) is 0 Å². The molecule has 0 fully saturated rings. The molecule has 0 aliphatic heterocycles. The number of nitrogens with one attached hydrogen (secondary N) is 1. The van der Waals surface area contributed by atoms with E-state index < -0.39 is 0 Å². The zero-order valence-electron chi connectivity index (χ0n) is 14.4. The van der Waals surface area contributed by atoms with Crippen LogP contribution >= 0.6 is 0 Å². The summed E-state index contributed by atoms with van der Waals surface area (Å²) in [5.74, 6) is 0. The van der Waals surface area contributed by atoms with Crippen molar-refractivity contribution in [1.29, 1.82) is 0 Å². The molecule has 0 saturated carbocycles. The molecule has 1 N–H and O–H groups in total.